The standard InChI is InChI=1S/C19H19ClFN3O2/c1-3-10-24(11-12-4-8-14(21)9-5-12)18-15(20)16(19(25)26-2)22-17(23-18)13-6-7-13/h3-5,8-9,13H,1,6-7,10-11H2,2H3. The van der Waals surface area contributed by atoms with Gasteiger partial charge in [0.05, 0.1) is 7.11 Å². The molecule has 136 valence electrons. The highest BCUT2D eigenvalue weighted by Crippen LogP contribution is 2.40. The SMILES string of the molecule is C=CCN(Cc1ccc(F)cc1)c1nc(C2CC2)nc(C(=O)OC)c1Cl. The lowest BCUT2D eigenvalue weighted by Gasteiger charge is -2.24. The molecule has 1 fully saturated rings. The van der Waals surface area contributed by atoms with Crippen molar-refractivity contribution in [1.29, 1.82) is 0 Å². The molecule has 0 saturated heterocycles. The first-order valence-electron chi connectivity index (χ1n) is 8.29. The maximum atomic E-state index is 13.2. The molecule has 1 aromatic heterocycles. The zero-order chi connectivity index (χ0) is 18.7. The average Bonchev–Trinajstić information content (AvgIpc) is 3.48. The summed E-state index contributed by atoms with van der Waals surface area (Å²) in [6.45, 7) is 4.67. The molecular formula is C19H19ClFN3O2. The Bertz CT molecular complexity index is 822. The van der Waals surface area contributed by atoms with E-state index < -0.39 is 5.97 Å². The third-order valence-electron chi connectivity index (χ3n) is 4.11. The molecule has 1 aliphatic carbocycles. The van der Waals surface area contributed by atoms with E-state index >= 15 is 0 Å². The molecule has 26 heavy (non-hydrogen) atoms. The Hall–Kier alpha value is -2.47. The van der Waals surface area contributed by atoms with Crippen LogP contribution in [-0.2, 0) is 11.3 Å². The van der Waals surface area contributed by atoms with Gasteiger partial charge in [-0.05, 0) is 30.5 Å². The average molecular weight is 376 g/mol. The van der Waals surface area contributed by atoms with Crippen molar-refractivity contribution >= 4 is 23.4 Å². The number of carbonyl (C=O) groups excluding carboxylic acids is 1. The summed E-state index contributed by atoms with van der Waals surface area (Å²) >= 11 is 6.44. The van der Waals surface area contributed by atoms with Crippen LogP contribution in [0.2, 0.25) is 5.02 Å². The summed E-state index contributed by atoms with van der Waals surface area (Å²) in [4.78, 5) is 22.9. The lowest BCUT2D eigenvalue weighted by molar-refractivity contribution is 0.0593. The van der Waals surface area contributed by atoms with Crippen molar-refractivity contribution in [2.75, 3.05) is 18.6 Å². The molecule has 0 N–H and O–H groups in total. The second-order valence-corrected chi connectivity index (χ2v) is 6.51. The molecule has 7 heteroatoms. The van der Waals surface area contributed by atoms with Gasteiger partial charge in [-0.25, -0.2) is 19.2 Å². The minimum absolute atomic E-state index is 0.0641. The number of aromatic nitrogens is 2. The third-order valence-corrected chi connectivity index (χ3v) is 4.46. The number of nitrogens with zero attached hydrogens (tertiary/aromatic N) is 3. The number of rotatable bonds is 7. The first kappa shape index (κ1) is 18.3. The normalized spacial score (nSPS) is 13.3. The first-order chi connectivity index (χ1) is 12.5. The van der Waals surface area contributed by atoms with E-state index in [1.165, 1.54) is 19.2 Å². The van der Waals surface area contributed by atoms with Crippen molar-refractivity contribution in [1.82, 2.24) is 9.97 Å². The number of hydrogen-bond acceptors (Lipinski definition) is 5. The van der Waals surface area contributed by atoms with E-state index in [9.17, 15) is 9.18 Å². The van der Waals surface area contributed by atoms with Crippen LogP contribution in [0, 0.1) is 5.82 Å². The molecule has 0 amide bonds. The maximum Gasteiger partial charge on any atom is 0.358 e. The molecule has 1 saturated carbocycles. The number of methoxy groups -OCH3 is 1. The van der Waals surface area contributed by atoms with Crippen molar-refractivity contribution in [2.24, 2.45) is 0 Å². The number of hydrogen-bond donors (Lipinski definition) is 0. The monoisotopic (exact) mass is 375 g/mol. The zero-order valence-corrected chi connectivity index (χ0v) is 15.2. The Morgan fingerprint density at radius 2 is 2.08 bits per heavy atom. The Morgan fingerprint density at radius 3 is 2.65 bits per heavy atom. The molecule has 0 unspecified atom stereocenters. The predicted molar refractivity (Wildman–Crippen MR) is 98.0 cm³/mol. The van der Waals surface area contributed by atoms with Gasteiger partial charge in [0.15, 0.2) is 11.5 Å². The van der Waals surface area contributed by atoms with Crippen LogP contribution in [0.3, 0.4) is 0 Å². The Morgan fingerprint density at radius 1 is 1.38 bits per heavy atom. The maximum absolute atomic E-state index is 13.2. The molecule has 0 radical (unpaired) electrons. The van der Waals surface area contributed by atoms with Gasteiger partial charge in [-0.3, -0.25) is 0 Å². The van der Waals surface area contributed by atoms with E-state index in [1.807, 2.05) is 4.90 Å². The quantitative estimate of drug-likeness (QED) is 0.538. The summed E-state index contributed by atoms with van der Waals surface area (Å²) < 4.78 is 18.0. The van der Waals surface area contributed by atoms with Crippen LogP contribution in [0.25, 0.3) is 0 Å². The Balaban J connectivity index is 2.01. The topological polar surface area (TPSA) is 55.3 Å². The molecule has 1 aliphatic rings. The second-order valence-electron chi connectivity index (χ2n) is 6.13. The van der Waals surface area contributed by atoms with Crippen molar-refractivity contribution < 1.29 is 13.9 Å². The number of benzene rings is 1. The highest BCUT2D eigenvalue weighted by molar-refractivity contribution is 6.35. The van der Waals surface area contributed by atoms with Crippen molar-refractivity contribution in [3.63, 3.8) is 0 Å². The molecule has 0 aliphatic heterocycles. The number of halogens is 2. The van der Waals surface area contributed by atoms with Gasteiger partial charge >= 0.3 is 5.97 Å². The van der Waals surface area contributed by atoms with Crippen LogP contribution in [0.5, 0.6) is 0 Å². The van der Waals surface area contributed by atoms with E-state index in [2.05, 4.69) is 16.5 Å². The van der Waals surface area contributed by atoms with Crippen molar-refractivity contribution in [2.45, 2.75) is 25.3 Å². The molecule has 0 spiro atoms. The molecule has 1 aromatic carbocycles. The highest BCUT2D eigenvalue weighted by atomic mass is 35.5. The number of ether oxygens (including phenoxy) is 1. The summed E-state index contributed by atoms with van der Waals surface area (Å²) in [6.07, 6.45) is 3.69. The van der Waals surface area contributed by atoms with Crippen molar-refractivity contribution in [3.05, 3.63) is 64.8 Å². The first-order valence-corrected chi connectivity index (χ1v) is 8.67. The molecule has 0 atom stereocenters. The molecule has 5 nitrogen and oxygen atoms in total. The van der Waals surface area contributed by atoms with Crippen LogP contribution in [0.1, 0.15) is 40.6 Å². The van der Waals surface area contributed by atoms with E-state index in [4.69, 9.17) is 16.3 Å². The zero-order valence-electron chi connectivity index (χ0n) is 14.4. The summed E-state index contributed by atoms with van der Waals surface area (Å²) in [5.74, 6) is 0.394. The van der Waals surface area contributed by atoms with Gasteiger partial charge in [0.1, 0.15) is 16.7 Å². The highest BCUT2D eigenvalue weighted by Gasteiger charge is 2.31. The predicted octanol–water partition coefficient (Wildman–Crippen LogP) is 4.13. The molecule has 0 bridgehead atoms. The van der Waals surface area contributed by atoms with Crippen LogP contribution < -0.4 is 4.90 Å². The van der Waals surface area contributed by atoms with Crippen molar-refractivity contribution in [3.8, 4) is 0 Å². The van der Waals surface area contributed by atoms with E-state index in [0.29, 0.717) is 24.7 Å². The minimum Gasteiger partial charge on any atom is -0.464 e. The van der Waals surface area contributed by atoms with Crippen LogP contribution in [-0.4, -0.2) is 29.6 Å². The summed E-state index contributed by atoms with van der Waals surface area (Å²) in [5, 5.41) is 0.144. The van der Waals surface area contributed by atoms with Gasteiger partial charge in [0, 0.05) is 19.0 Å². The lowest BCUT2D eigenvalue weighted by Crippen LogP contribution is -2.26. The summed E-state index contributed by atoms with van der Waals surface area (Å²) in [5.41, 5.74) is 0.949. The third kappa shape index (κ3) is 4.02. The number of carbonyl (C=O) groups is 1. The smallest absolute Gasteiger partial charge is 0.358 e. The van der Waals surface area contributed by atoms with Gasteiger partial charge in [0.2, 0.25) is 0 Å². The summed E-state index contributed by atoms with van der Waals surface area (Å²) in [7, 11) is 1.29. The van der Waals surface area contributed by atoms with Crippen LogP contribution >= 0.6 is 11.6 Å². The van der Waals surface area contributed by atoms with Gasteiger partial charge in [-0.2, -0.15) is 0 Å². The second kappa shape index (κ2) is 7.83. The van der Waals surface area contributed by atoms with Gasteiger partial charge < -0.3 is 9.64 Å². The summed E-state index contributed by atoms with van der Waals surface area (Å²) in [6, 6.07) is 6.20. The number of esters is 1. The molecule has 1 heterocycles. The fourth-order valence-corrected chi connectivity index (χ4v) is 2.89. The van der Waals surface area contributed by atoms with Crippen LogP contribution in [0.4, 0.5) is 10.2 Å². The number of anilines is 1. The molecule has 3 rings (SSSR count). The largest absolute Gasteiger partial charge is 0.464 e. The van der Waals surface area contributed by atoms with Gasteiger partial charge in [0.25, 0.3) is 0 Å². The Kier molecular flexibility index (Phi) is 5.52. The van der Waals surface area contributed by atoms with Gasteiger partial charge in [-0.1, -0.05) is 29.8 Å². The lowest BCUT2D eigenvalue weighted by atomic mass is 10.2. The fraction of sp³-hybridized carbons (Fsp3) is 0.316. The van der Waals surface area contributed by atoms with Gasteiger partial charge in [-0.15, -0.1) is 6.58 Å². The van der Waals surface area contributed by atoms with E-state index in [0.717, 1.165) is 18.4 Å². The van der Waals surface area contributed by atoms with E-state index in [-0.39, 0.29) is 22.5 Å². The fourth-order valence-electron chi connectivity index (χ4n) is 2.61. The molecular weight excluding hydrogens is 357 g/mol. The van der Waals surface area contributed by atoms with E-state index in [1.54, 1.807) is 18.2 Å². The minimum atomic E-state index is -0.596. The molecule has 2 aromatic rings. The van der Waals surface area contributed by atoms with Crippen LogP contribution in [0.15, 0.2) is 36.9 Å². The Labute approximate surface area is 156 Å².